The van der Waals surface area contributed by atoms with Gasteiger partial charge in [-0.15, -0.1) is 0 Å². The van der Waals surface area contributed by atoms with Crippen LogP contribution in [-0.4, -0.2) is 16.1 Å². The van der Waals surface area contributed by atoms with Gasteiger partial charge in [0.2, 0.25) is 0 Å². The van der Waals surface area contributed by atoms with Crippen molar-refractivity contribution in [3.8, 4) is 11.5 Å². The minimum absolute atomic E-state index is 0.201. The van der Waals surface area contributed by atoms with E-state index in [2.05, 4.69) is 36.8 Å². The molecule has 3 rings (SSSR count). The quantitative estimate of drug-likeness (QED) is 0.643. The summed E-state index contributed by atoms with van der Waals surface area (Å²) in [5.41, 5.74) is 2.25. The zero-order valence-electron chi connectivity index (χ0n) is 10.9. The van der Waals surface area contributed by atoms with E-state index in [0.29, 0.717) is 27.0 Å². The van der Waals surface area contributed by atoms with Crippen LogP contribution in [0.15, 0.2) is 43.9 Å². The number of carboxylic acid groups (broad SMARTS) is 1. The largest absolute Gasteiger partial charge is 0.478 e. The van der Waals surface area contributed by atoms with Gasteiger partial charge in [0.15, 0.2) is 10.4 Å². The molecule has 0 unspecified atom stereocenters. The Hall–Kier alpha value is -1.66. The van der Waals surface area contributed by atoms with Crippen molar-refractivity contribution < 1.29 is 14.3 Å². The van der Waals surface area contributed by atoms with Gasteiger partial charge in [0.25, 0.3) is 0 Å². The summed E-state index contributed by atoms with van der Waals surface area (Å²) in [5, 5.41) is 10.1. The Balaban J connectivity index is 2.37. The minimum Gasteiger partial charge on any atom is -0.478 e. The molecule has 0 saturated heterocycles. The molecule has 21 heavy (non-hydrogen) atoms. The summed E-state index contributed by atoms with van der Waals surface area (Å²) < 4.78 is 6.87. The number of nitrogens with zero attached hydrogens (tertiary/aromatic N) is 1. The van der Waals surface area contributed by atoms with Crippen molar-refractivity contribution in [1.82, 2.24) is 4.98 Å². The molecular weight excluding hydrogens is 402 g/mol. The zero-order valence-corrected chi connectivity index (χ0v) is 14.0. The highest BCUT2D eigenvalue weighted by Crippen LogP contribution is 2.31. The molecule has 2 aromatic heterocycles. The van der Waals surface area contributed by atoms with Crippen LogP contribution in [0.25, 0.3) is 22.4 Å². The van der Waals surface area contributed by atoms with Crippen molar-refractivity contribution in [3.05, 3.63) is 50.6 Å². The van der Waals surface area contributed by atoms with Gasteiger partial charge in [-0.2, -0.15) is 0 Å². The zero-order chi connectivity index (χ0) is 15.1. The number of rotatable bonds is 2. The van der Waals surface area contributed by atoms with Crippen LogP contribution in [0.4, 0.5) is 0 Å². The van der Waals surface area contributed by atoms with Crippen LogP contribution in [0.3, 0.4) is 0 Å². The molecule has 0 aliphatic carbocycles. The lowest BCUT2D eigenvalue weighted by atomic mass is 10.0. The third-order valence-corrected chi connectivity index (χ3v) is 4.01. The molecule has 0 atom stereocenters. The first-order valence-electron chi connectivity index (χ1n) is 6.05. The third kappa shape index (κ3) is 2.61. The number of aromatic carboxylic acids is 1. The maximum Gasteiger partial charge on any atom is 0.336 e. The Labute approximate surface area is 137 Å². The van der Waals surface area contributed by atoms with Crippen molar-refractivity contribution >= 4 is 48.7 Å². The van der Waals surface area contributed by atoms with Crippen LogP contribution in [0, 0.1) is 6.92 Å². The SMILES string of the molecule is Cc1cc(Br)cc2c(C(=O)O)cc(-c3ccc(Br)o3)nc12. The van der Waals surface area contributed by atoms with Gasteiger partial charge >= 0.3 is 5.97 Å². The first-order valence-corrected chi connectivity index (χ1v) is 7.64. The maximum absolute atomic E-state index is 11.5. The summed E-state index contributed by atoms with van der Waals surface area (Å²) in [5.74, 6) is -0.472. The molecule has 3 aromatic rings. The van der Waals surface area contributed by atoms with Crippen molar-refractivity contribution in [3.63, 3.8) is 0 Å². The fourth-order valence-electron chi connectivity index (χ4n) is 2.21. The second-order valence-electron chi connectivity index (χ2n) is 4.58. The molecule has 0 aliphatic heterocycles. The van der Waals surface area contributed by atoms with Crippen LogP contribution in [-0.2, 0) is 0 Å². The van der Waals surface area contributed by atoms with E-state index in [9.17, 15) is 9.90 Å². The molecule has 0 saturated carbocycles. The van der Waals surface area contributed by atoms with Crippen LogP contribution in [0.5, 0.6) is 0 Å². The molecule has 106 valence electrons. The molecule has 1 N–H and O–H groups in total. The number of fused-ring (bicyclic) bond motifs is 1. The fourth-order valence-corrected chi connectivity index (χ4v) is 3.09. The third-order valence-electron chi connectivity index (χ3n) is 3.12. The summed E-state index contributed by atoms with van der Waals surface area (Å²) >= 11 is 6.62. The van der Waals surface area contributed by atoms with E-state index in [1.165, 1.54) is 6.07 Å². The predicted octanol–water partition coefficient (Wildman–Crippen LogP) is 5.03. The summed E-state index contributed by atoms with van der Waals surface area (Å²) in [6.45, 7) is 1.90. The molecule has 6 heteroatoms. The molecule has 4 nitrogen and oxygen atoms in total. The van der Waals surface area contributed by atoms with Crippen molar-refractivity contribution in [1.29, 1.82) is 0 Å². The predicted molar refractivity (Wildman–Crippen MR) is 86.5 cm³/mol. The van der Waals surface area contributed by atoms with Crippen LogP contribution in [0.1, 0.15) is 15.9 Å². The molecule has 2 heterocycles. The number of benzene rings is 1. The van der Waals surface area contributed by atoms with E-state index >= 15 is 0 Å². The number of aromatic nitrogens is 1. The Bertz CT molecular complexity index is 871. The normalized spacial score (nSPS) is 11.0. The molecule has 0 fully saturated rings. The maximum atomic E-state index is 11.5. The van der Waals surface area contributed by atoms with Gasteiger partial charge in [0.05, 0.1) is 11.1 Å². The first kappa shape index (κ1) is 14.3. The van der Waals surface area contributed by atoms with Crippen molar-refractivity contribution in [2.75, 3.05) is 0 Å². The number of halogens is 2. The number of pyridine rings is 1. The number of hydrogen-bond donors (Lipinski definition) is 1. The monoisotopic (exact) mass is 409 g/mol. The van der Waals surface area contributed by atoms with Gasteiger partial charge in [-0.25, -0.2) is 9.78 Å². The summed E-state index contributed by atoms with van der Waals surface area (Å²) in [4.78, 5) is 16.1. The van der Waals surface area contributed by atoms with E-state index in [4.69, 9.17) is 4.42 Å². The van der Waals surface area contributed by atoms with Gasteiger partial charge in [-0.3, -0.25) is 0 Å². The number of carbonyl (C=O) groups is 1. The Morgan fingerprint density at radius 3 is 2.62 bits per heavy atom. The molecule has 1 aromatic carbocycles. The molecular formula is C15H9Br2NO3. The van der Waals surface area contributed by atoms with Gasteiger partial charge in [-0.05, 0) is 58.7 Å². The van der Waals surface area contributed by atoms with Crippen molar-refractivity contribution in [2.45, 2.75) is 6.92 Å². The lowest BCUT2D eigenvalue weighted by molar-refractivity contribution is 0.0699. The first-order chi connectivity index (χ1) is 9.95. The van der Waals surface area contributed by atoms with Gasteiger partial charge in [-0.1, -0.05) is 15.9 Å². The van der Waals surface area contributed by atoms with Crippen LogP contribution in [0.2, 0.25) is 0 Å². The topological polar surface area (TPSA) is 63.3 Å². The van der Waals surface area contributed by atoms with E-state index in [-0.39, 0.29) is 5.56 Å². The van der Waals surface area contributed by atoms with Crippen LogP contribution < -0.4 is 0 Å². The van der Waals surface area contributed by atoms with E-state index < -0.39 is 5.97 Å². The highest BCUT2D eigenvalue weighted by molar-refractivity contribution is 9.10. The fraction of sp³-hybridized carbons (Fsp3) is 0.0667. The molecule has 0 amide bonds. The Morgan fingerprint density at radius 1 is 1.24 bits per heavy atom. The molecule has 0 radical (unpaired) electrons. The average Bonchev–Trinajstić information content (AvgIpc) is 2.84. The standard InChI is InChI=1S/C15H9Br2NO3/c1-7-4-8(16)5-9-10(15(19)20)6-11(18-14(7)9)12-2-3-13(17)21-12/h2-6H,1H3,(H,19,20). The van der Waals surface area contributed by atoms with Gasteiger partial charge in [0.1, 0.15) is 5.69 Å². The number of aryl methyl sites for hydroxylation is 1. The Kier molecular flexibility index (Phi) is 3.59. The molecule has 0 bridgehead atoms. The molecule has 0 aliphatic rings. The van der Waals surface area contributed by atoms with Crippen molar-refractivity contribution in [2.24, 2.45) is 0 Å². The second-order valence-corrected chi connectivity index (χ2v) is 6.28. The average molecular weight is 411 g/mol. The highest BCUT2D eigenvalue weighted by Gasteiger charge is 2.16. The lowest BCUT2D eigenvalue weighted by Gasteiger charge is -2.08. The lowest BCUT2D eigenvalue weighted by Crippen LogP contribution is -2.01. The van der Waals surface area contributed by atoms with E-state index in [1.807, 2.05) is 13.0 Å². The van der Waals surface area contributed by atoms with E-state index in [0.717, 1.165) is 10.0 Å². The van der Waals surface area contributed by atoms with E-state index in [1.54, 1.807) is 18.2 Å². The smallest absolute Gasteiger partial charge is 0.336 e. The highest BCUT2D eigenvalue weighted by atomic mass is 79.9. The number of carboxylic acids is 1. The minimum atomic E-state index is -0.994. The van der Waals surface area contributed by atoms with Crippen LogP contribution >= 0.6 is 31.9 Å². The van der Waals surface area contributed by atoms with Gasteiger partial charge in [0, 0.05) is 9.86 Å². The summed E-state index contributed by atoms with van der Waals surface area (Å²) in [6.07, 6.45) is 0. The summed E-state index contributed by atoms with van der Waals surface area (Å²) in [6, 6.07) is 8.69. The second kappa shape index (κ2) is 5.27. The summed E-state index contributed by atoms with van der Waals surface area (Å²) in [7, 11) is 0. The number of hydrogen-bond acceptors (Lipinski definition) is 3. The van der Waals surface area contributed by atoms with Gasteiger partial charge < -0.3 is 9.52 Å². The Morgan fingerprint density at radius 2 is 2.00 bits per heavy atom. The number of furan rings is 1. The molecule has 0 spiro atoms.